The minimum Gasteiger partial charge on any atom is -0.496 e. The van der Waals surface area contributed by atoms with Gasteiger partial charge in [0.15, 0.2) is 6.10 Å². The summed E-state index contributed by atoms with van der Waals surface area (Å²) < 4.78 is 29.1. The van der Waals surface area contributed by atoms with Crippen LogP contribution in [0.1, 0.15) is 142 Å². The molecule has 588 valence electrons. The van der Waals surface area contributed by atoms with Crippen molar-refractivity contribution in [1.82, 2.24) is 45.6 Å². The smallest absolute Gasteiger partial charge is 0.407 e. The van der Waals surface area contributed by atoms with E-state index < -0.39 is 93.9 Å². The van der Waals surface area contributed by atoms with Gasteiger partial charge >= 0.3 is 30.0 Å². The van der Waals surface area contributed by atoms with Crippen LogP contribution >= 0.6 is 22.7 Å². The molecule has 7 N–H and O–H groups in total. The van der Waals surface area contributed by atoms with Crippen molar-refractivity contribution in [1.29, 1.82) is 0 Å². The number of urea groups is 1. The molecule has 27 heteroatoms. The summed E-state index contributed by atoms with van der Waals surface area (Å²) in [6, 6.07) is 26.8. The number of ether oxygens (including phenoxy) is 5. The highest BCUT2D eigenvalue weighted by atomic mass is 32.1. The van der Waals surface area contributed by atoms with E-state index in [4.69, 9.17) is 23.7 Å². The number of aliphatic hydroxyl groups is 3. The van der Waals surface area contributed by atoms with Crippen molar-refractivity contribution >= 4 is 81.6 Å². The molecule has 2 saturated heterocycles. The number of rotatable bonds is 25. The number of carbonyl (C=O) groups excluding carboxylic acids is 7. The quantitative estimate of drug-likeness (QED) is 0.0121. The van der Waals surface area contributed by atoms with Crippen LogP contribution in [0.5, 0.6) is 5.75 Å². The van der Waals surface area contributed by atoms with E-state index in [1.54, 1.807) is 36.2 Å². The van der Waals surface area contributed by atoms with Crippen molar-refractivity contribution < 1.29 is 72.6 Å². The molecule has 110 heavy (non-hydrogen) atoms. The number of para-hydroxylation sites is 1. The standard InChI is InChI=1S/C46H56N4O10.C37H48N6O5S2/c1-7-42(55)22-28-23-45(40(53)58-5,36-30(14-18-48(24-28)25-42)29-12-9-10-13-33(29)47-36)32-20-31-34(21-35(32)57-4)50(26-51)38-44(31)16-19-49-17-11-15-43(8-2,37(44)49)39(60-27(3)52)46(38,56)41(54)59-6;1-24(2)33(42-36(46)43(5)20-29-22-49-35(40-29)25(3)4)34(45)39-28(16-26-12-8-6-9-13-26)18-32(44)31(17-27-14-10-7-11-15-27)41-37(47)48-21-30-19-38-23-50-30/h9-13,15,20-21,26,28,37-39,47,55-56H,7-8,14,16-19,22-25H2,1-6H3;6-15,19,22-25,28,31-33,44H,16-18,20-21H2,1-5H3,(H,39,45)(H,41,47)(H,42,46)/t28?,37-,38+,39+,42-,43+,44+,45-,46-;28-,31-,32-,33-/m00/s1. The molecule has 1 aliphatic carbocycles. The van der Waals surface area contributed by atoms with Gasteiger partial charge in [-0.2, -0.15) is 0 Å². The highest BCUT2D eigenvalue weighted by Crippen LogP contribution is 2.68. The van der Waals surface area contributed by atoms with E-state index in [0.29, 0.717) is 125 Å². The third-order valence-corrected chi connectivity index (χ3v) is 25.6. The zero-order valence-electron chi connectivity index (χ0n) is 64.5. The molecule has 4 aromatic carbocycles. The summed E-state index contributed by atoms with van der Waals surface area (Å²) in [5.74, 6) is -2.34. The number of hydrogen-bond donors (Lipinski definition) is 7. The third-order valence-electron chi connectivity index (χ3n) is 23.6. The van der Waals surface area contributed by atoms with Gasteiger partial charge in [-0.25, -0.2) is 19.4 Å². The van der Waals surface area contributed by atoms with Crippen LogP contribution < -0.4 is 25.6 Å². The average Bonchev–Trinajstić information content (AvgIpc) is 1.47. The summed E-state index contributed by atoms with van der Waals surface area (Å²) >= 11 is 2.95. The van der Waals surface area contributed by atoms with E-state index in [2.05, 4.69) is 60.6 Å². The number of methoxy groups -OCH3 is 3. The fourth-order valence-electron chi connectivity index (χ4n) is 18.8. The van der Waals surface area contributed by atoms with Gasteiger partial charge in [-0.05, 0) is 111 Å². The third kappa shape index (κ3) is 15.4. The first-order chi connectivity index (χ1) is 52.7. The summed E-state index contributed by atoms with van der Waals surface area (Å²) in [5.41, 5.74) is 1.20. The van der Waals surface area contributed by atoms with Crippen molar-refractivity contribution in [2.45, 2.75) is 190 Å². The summed E-state index contributed by atoms with van der Waals surface area (Å²) in [7, 11) is 5.77. The number of anilines is 1. The number of piperidine rings is 1. The molecule has 2 bridgehead atoms. The Morgan fingerprint density at radius 2 is 1.55 bits per heavy atom. The minimum absolute atomic E-state index is 0.0671. The van der Waals surface area contributed by atoms with Gasteiger partial charge in [0.25, 0.3) is 0 Å². The first kappa shape index (κ1) is 80.4. The van der Waals surface area contributed by atoms with Gasteiger partial charge in [-0.1, -0.05) is 133 Å². The number of fused-ring (bicyclic) bond motifs is 6. The van der Waals surface area contributed by atoms with E-state index in [-0.39, 0.29) is 43.2 Å². The SMILES string of the molecule is CC(C)c1nc(CN(C)C(=O)N[C@H](C(=O)N[C@@H](Cc2ccccc2)C[C@H](O)[C@H](Cc2ccccc2)NC(=O)OCc2cncs2)C(C)C)cs1.CC[C@]1(O)CC2CN(CCc3c([nH]c4ccccc34)[C@@](C(=O)OC)(c3cc4c(cc3OC)N(C=O)[C@H]3[C@@](O)(C(=O)OC)[C@H](OC(C)=O)[C@]5(CC)C=CCN6CC[C@]43[C@@H]65)C2)C1. The molecule has 5 aliphatic heterocycles. The Balaban J connectivity index is 0.000000209. The van der Waals surface area contributed by atoms with Crippen molar-refractivity contribution in [3.05, 3.63) is 175 Å². The number of nitrogens with one attached hydrogen (secondary N) is 4. The molecule has 25 nitrogen and oxygen atoms in total. The van der Waals surface area contributed by atoms with Crippen LogP contribution in [0, 0.1) is 17.3 Å². The maximum absolute atomic E-state index is 15.3. The van der Waals surface area contributed by atoms with E-state index in [0.717, 1.165) is 43.2 Å². The van der Waals surface area contributed by atoms with Crippen LogP contribution in [0.15, 0.2) is 126 Å². The molecule has 8 heterocycles. The molecule has 3 aromatic heterocycles. The lowest BCUT2D eigenvalue weighted by Crippen LogP contribution is -2.81. The molecule has 2 unspecified atom stereocenters. The number of thiazole rings is 2. The van der Waals surface area contributed by atoms with Gasteiger partial charge in [-0.15, -0.1) is 22.7 Å². The van der Waals surface area contributed by atoms with Crippen LogP contribution in [-0.2, 0) is 86.2 Å². The van der Waals surface area contributed by atoms with Crippen LogP contribution in [0.3, 0.4) is 0 Å². The molecule has 1 spiro atoms. The Morgan fingerprint density at radius 1 is 0.836 bits per heavy atom. The van der Waals surface area contributed by atoms with Crippen molar-refractivity contribution in [2.24, 2.45) is 17.3 Å². The zero-order valence-corrected chi connectivity index (χ0v) is 66.2. The lowest BCUT2D eigenvalue weighted by Gasteiger charge is -2.63. The lowest BCUT2D eigenvalue weighted by atomic mass is 9.47. The molecule has 6 aliphatic rings. The summed E-state index contributed by atoms with van der Waals surface area (Å²) in [6.07, 6.45) is 6.67. The number of esters is 3. The van der Waals surface area contributed by atoms with Crippen LogP contribution in [-0.4, -0.2) is 202 Å². The number of nitrogens with zero attached hydrogens (tertiary/aromatic N) is 6. The highest BCUT2D eigenvalue weighted by Gasteiger charge is 2.81. The van der Waals surface area contributed by atoms with Gasteiger partial charge in [0.1, 0.15) is 23.8 Å². The van der Waals surface area contributed by atoms with Gasteiger partial charge in [-0.3, -0.25) is 34.0 Å². The summed E-state index contributed by atoms with van der Waals surface area (Å²) in [5, 5.41) is 49.7. The number of H-pyrrole nitrogens is 1. The number of benzene rings is 4. The molecular formula is C83H104N10O15S2. The first-order valence-electron chi connectivity index (χ1n) is 38.1. The van der Waals surface area contributed by atoms with Crippen LogP contribution in [0.25, 0.3) is 10.9 Å². The molecule has 13 rings (SSSR count). The Hall–Kier alpha value is -9.09. The summed E-state index contributed by atoms with van der Waals surface area (Å²) in [6.45, 7) is 16.4. The fraction of sp³-hybridized carbons (Fsp3) is 0.506. The van der Waals surface area contributed by atoms with Crippen molar-refractivity contribution in [2.75, 3.05) is 66.0 Å². The maximum Gasteiger partial charge on any atom is 0.407 e. The molecular weight excluding hydrogens is 1440 g/mol. The lowest BCUT2D eigenvalue weighted by molar-refractivity contribution is -0.228. The Bertz CT molecular complexity index is 4480. The topological polar surface area (TPSA) is 317 Å². The molecule has 14 atom stereocenters. The zero-order chi connectivity index (χ0) is 78.6. The molecule has 3 fully saturated rings. The van der Waals surface area contributed by atoms with E-state index in [1.165, 1.54) is 49.4 Å². The average molecular weight is 1550 g/mol. The second-order valence-electron chi connectivity index (χ2n) is 31.1. The predicted molar refractivity (Wildman–Crippen MR) is 417 cm³/mol. The Labute approximate surface area is 650 Å². The number of alkyl carbamates (subject to hydrolysis) is 1. The van der Waals surface area contributed by atoms with Crippen molar-refractivity contribution in [3.63, 3.8) is 0 Å². The number of amides is 5. The van der Waals surface area contributed by atoms with E-state index in [1.807, 2.05) is 130 Å². The number of aromatic nitrogens is 3. The largest absolute Gasteiger partial charge is 0.496 e. The Kier molecular flexibility index (Phi) is 24.5. The number of aromatic amines is 1. The van der Waals surface area contributed by atoms with Crippen LogP contribution in [0.2, 0.25) is 0 Å². The van der Waals surface area contributed by atoms with Gasteiger partial charge in [0.2, 0.25) is 17.9 Å². The molecule has 1 saturated carbocycles. The number of aliphatic hydroxyl groups excluding tert-OH is 1. The molecule has 5 amide bonds. The van der Waals surface area contributed by atoms with Crippen LogP contribution in [0.4, 0.5) is 15.3 Å². The first-order valence-corrected chi connectivity index (χ1v) is 39.8. The molecule has 7 aromatic rings. The highest BCUT2D eigenvalue weighted by molar-refractivity contribution is 7.09. The number of carbonyl (C=O) groups is 7. The second kappa shape index (κ2) is 33.5. The monoisotopic (exact) mass is 1540 g/mol. The van der Waals surface area contributed by atoms with Crippen molar-refractivity contribution in [3.8, 4) is 5.75 Å². The number of hydrogen-bond acceptors (Lipinski definition) is 21. The minimum atomic E-state index is -2.53. The second-order valence-corrected chi connectivity index (χ2v) is 33.0. The normalized spacial score (nSPS) is 26.1. The predicted octanol–water partition coefficient (Wildman–Crippen LogP) is 9.42. The summed E-state index contributed by atoms with van der Waals surface area (Å²) in [4.78, 5) is 117. The van der Waals surface area contributed by atoms with Gasteiger partial charge in [0, 0.05) is 109 Å². The van der Waals surface area contributed by atoms with E-state index in [9.17, 15) is 44.1 Å². The Morgan fingerprint density at radius 3 is 2.18 bits per heavy atom. The molecule has 0 radical (unpaired) electrons. The van der Waals surface area contributed by atoms with E-state index >= 15 is 4.79 Å². The van der Waals surface area contributed by atoms with Gasteiger partial charge in [0.05, 0.1) is 78.4 Å². The maximum atomic E-state index is 15.3. The fourth-order valence-corrected chi connectivity index (χ4v) is 20.1. The van der Waals surface area contributed by atoms with Gasteiger partial charge < -0.3 is 69.7 Å².